The molecule has 0 spiro atoms. The van der Waals surface area contributed by atoms with Crippen molar-refractivity contribution < 1.29 is 14.7 Å². The molecule has 1 aromatic rings. The number of carbonyl (C=O) groups excluding carboxylic acids is 1. The fourth-order valence-corrected chi connectivity index (χ4v) is 3.65. The summed E-state index contributed by atoms with van der Waals surface area (Å²) in [4.78, 5) is 25.0. The number of rotatable bonds is 2. The lowest BCUT2D eigenvalue weighted by molar-refractivity contribution is -0.146. The van der Waals surface area contributed by atoms with Gasteiger partial charge in [0.1, 0.15) is 5.54 Å². The third-order valence-corrected chi connectivity index (χ3v) is 4.64. The number of carbonyl (C=O) groups is 2. The van der Waals surface area contributed by atoms with Crippen LogP contribution < -0.4 is 5.32 Å². The Morgan fingerprint density at radius 2 is 1.95 bits per heavy atom. The normalized spacial score (nSPS) is 21.4. The summed E-state index contributed by atoms with van der Waals surface area (Å²) in [7, 11) is 0. The minimum atomic E-state index is -1.21. The predicted molar refractivity (Wildman–Crippen MR) is 85.2 cm³/mol. The first kappa shape index (κ1) is 16.4. The van der Waals surface area contributed by atoms with E-state index in [0.29, 0.717) is 23.9 Å². The second-order valence-corrected chi connectivity index (χ2v) is 6.74. The number of nitrogens with zero attached hydrogens (tertiary/aromatic N) is 1. The van der Waals surface area contributed by atoms with Crippen LogP contribution in [0.2, 0.25) is 10.0 Å². The van der Waals surface area contributed by atoms with Crippen molar-refractivity contribution in [3.05, 3.63) is 26.7 Å². The van der Waals surface area contributed by atoms with Gasteiger partial charge in [-0.05, 0) is 31.9 Å². The minimum absolute atomic E-state index is 0.270. The molecule has 1 aliphatic rings. The lowest BCUT2D eigenvalue weighted by atomic mass is 10.00. The summed E-state index contributed by atoms with van der Waals surface area (Å²) in [6, 6.07) is 2.68. The Labute approximate surface area is 140 Å². The monoisotopic (exact) mass is 394 g/mol. The van der Waals surface area contributed by atoms with E-state index in [1.807, 2.05) is 0 Å². The fraction of sp³-hybridized carbons (Fsp3) is 0.385. The van der Waals surface area contributed by atoms with E-state index in [1.54, 1.807) is 12.1 Å². The van der Waals surface area contributed by atoms with E-state index in [9.17, 15) is 14.7 Å². The molecule has 0 saturated carbocycles. The van der Waals surface area contributed by atoms with Crippen LogP contribution in [0, 0.1) is 0 Å². The maximum atomic E-state index is 12.3. The number of benzene rings is 1. The van der Waals surface area contributed by atoms with Gasteiger partial charge in [-0.2, -0.15) is 0 Å². The highest BCUT2D eigenvalue weighted by Crippen LogP contribution is 2.35. The van der Waals surface area contributed by atoms with Crippen molar-refractivity contribution in [1.29, 1.82) is 0 Å². The van der Waals surface area contributed by atoms with Gasteiger partial charge < -0.3 is 15.3 Å². The summed E-state index contributed by atoms with van der Waals surface area (Å²) in [5.74, 6) is -1.02. The third-order valence-electron chi connectivity index (χ3n) is 3.59. The van der Waals surface area contributed by atoms with Gasteiger partial charge in [0, 0.05) is 11.0 Å². The number of aliphatic carboxylic acids is 1. The quantitative estimate of drug-likeness (QED) is 0.787. The van der Waals surface area contributed by atoms with Crippen molar-refractivity contribution in [2.75, 3.05) is 11.9 Å². The average molecular weight is 396 g/mol. The second kappa shape index (κ2) is 6.02. The number of likely N-dealkylation sites (tertiary alicyclic amines) is 1. The van der Waals surface area contributed by atoms with E-state index >= 15 is 0 Å². The van der Waals surface area contributed by atoms with Crippen molar-refractivity contribution in [3.63, 3.8) is 0 Å². The Hall–Kier alpha value is -0.980. The second-order valence-electron chi connectivity index (χ2n) is 5.01. The first-order valence-electron chi connectivity index (χ1n) is 6.22. The number of hydrogen-bond donors (Lipinski definition) is 2. The van der Waals surface area contributed by atoms with E-state index in [2.05, 4.69) is 21.2 Å². The Kier molecular flexibility index (Phi) is 4.70. The Morgan fingerprint density at radius 1 is 1.38 bits per heavy atom. The Balaban J connectivity index is 2.25. The van der Waals surface area contributed by atoms with E-state index in [4.69, 9.17) is 23.2 Å². The molecule has 0 bridgehead atoms. The number of nitrogens with one attached hydrogen (secondary N) is 1. The van der Waals surface area contributed by atoms with Gasteiger partial charge in [0.2, 0.25) is 0 Å². The summed E-state index contributed by atoms with van der Waals surface area (Å²) in [6.07, 6.45) is 1.05. The Bertz CT molecular complexity index is 588. The molecule has 1 saturated heterocycles. The zero-order valence-corrected chi connectivity index (χ0v) is 14.2. The van der Waals surface area contributed by atoms with Crippen LogP contribution in [0.15, 0.2) is 16.6 Å². The molecule has 8 heteroatoms. The standard InChI is InChI=1S/C13H13BrCl2N2O3/c1-13(11(19)20)3-2-4-18(13)12(21)17-10-8(15)5-7(14)6-9(10)16/h5-6H,2-4H2,1H3,(H,17,21)(H,19,20). The number of hydrogen-bond acceptors (Lipinski definition) is 2. The van der Waals surface area contributed by atoms with Crippen molar-refractivity contribution in [3.8, 4) is 0 Å². The first-order valence-corrected chi connectivity index (χ1v) is 7.77. The van der Waals surface area contributed by atoms with Gasteiger partial charge in [0.05, 0.1) is 15.7 Å². The maximum absolute atomic E-state index is 12.3. The lowest BCUT2D eigenvalue weighted by Crippen LogP contribution is -2.52. The number of halogens is 3. The van der Waals surface area contributed by atoms with Crippen molar-refractivity contribution in [1.82, 2.24) is 4.90 Å². The number of carboxylic acid groups (broad SMARTS) is 1. The van der Waals surface area contributed by atoms with Crippen molar-refractivity contribution in [2.45, 2.75) is 25.3 Å². The average Bonchev–Trinajstić information content (AvgIpc) is 2.77. The SMILES string of the molecule is CC1(C(=O)O)CCCN1C(=O)Nc1c(Cl)cc(Br)cc1Cl. The molecule has 0 aliphatic carbocycles. The van der Waals surface area contributed by atoms with Gasteiger partial charge >= 0.3 is 12.0 Å². The number of amides is 2. The highest BCUT2D eigenvalue weighted by Gasteiger charge is 2.46. The molecule has 1 aromatic carbocycles. The third kappa shape index (κ3) is 3.12. The van der Waals surface area contributed by atoms with Gasteiger partial charge in [-0.3, -0.25) is 0 Å². The van der Waals surface area contributed by atoms with Crippen LogP contribution in [-0.4, -0.2) is 34.1 Å². The molecule has 2 rings (SSSR count). The van der Waals surface area contributed by atoms with Crippen LogP contribution in [0.3, 0.4) is 0 Å². The maximum Gasteiger partial charge on any atom is 0.329 e. The van der Waals surface area contributed by atoms with Gasteiger partial charge in [-0.1, -0.05) is 39.1 Å². The van der Waals surface area contributed by atoms with Crippen LogP contribution in [0.5, 0.6) is 0 Å². The smallest absolute Gasteiger partial charge is 0.329 e. The van der Waals surface area contributed by atoms with Gasteiger partial charge in [0.25, 0.3) is 0 Å². The number of carboxylic acids is 1. The summed E-state index contributed by atoms with van der Waals surface area (Å²) < 4.78 is 0.687. The topological polar surface area (TPSA) is 69.6 Å². The summed E-state index contributed by atoms with van der Waals surface area (Å²) in [5.41, 5.74) is -0.940. The summed E-state index contributed by atoms with van der Waals surface area (Å²) in [5, 5.41) is 12.5. The van der Waals surface area contributed by atoms with Crippen LogP contribution in [0.4, 0.5) is 10.5 Å². The number of anilines is 1. The molecule has 0 aromatic heterocycles. The minimum Gasteiger partial charge on any atom is -0.480 e. The molecule has 5 nitrogen and oxygen atoms in total. The van der Waals surface area contributed by atoms with Crippen molar-refractivity contribution in [2.24, 2.45) is 0 Å². The van der Waals surface area contributed by atoms with Gasteiger partial charge in [-0.15, -0.1) is 0 Å². The molecule has 1 unspecified atom stereocenters. The Morgan fingerprint density at radius 3 is 2.48 bits per heavy atom. The molecule has 2 amide bonds. The largest absolute Gasteiger partial charge is 0.480 e. The molecule has 2 N–H and O–H groups in total. The van der Waals surface area contributed by atoms with E-state index < -0.39 is 17.5 Å². The molecule has 1 fully saturated rings. The highest BCUT2D eigenvalue weighted by molar-refractivity contribution is 9.10. The molecule has 1 heterocycles. The first-order chi connectivity index (χ1) is 9.75. The van der Waals surface area contributed by atoms with Crippen LogP contribution >= 0.6 is 39.1 Å². The molecule has 1 aliphatic heterocycles. The van der Waals surface area contributed by atoms with Crippen LogP contribution in [0.25, 0.3) is 0 Å². The summed E-state index contributed by atoms with van der Waals surface area (Å²) in [6.45, 7) is 1.91. The zero-order chi connectivity index (χ0) is 15.8. The van der Waals surface area contributed by atoms with E-state index in [-0.39, 0.29) is 15.7 Å². The van der Waals surface area contributed by atoms with Gasteiger partial charge in [-0.25, -0.2) is 9.59 Å². The predicted octanol–water partition coefficient (Wildman–Crippen LogP) is 4.23. The highest BCUT2D eigenvalue weighted by atomic mass is 79.9. The fourth-order valence-electron chi connectivity index (χ4n) is 2.35. The molecular formula is C13H13BrCl2N2O3. The van der Waals surface area contributed by atoms with Crippen LogP contribution in [-0.2, 0) is 4.79 Å². The molecule has 1 atom stereocenters. The molecule has 21 heavy (non-hydrogen) atoms. The number of urea groups is 1. The molecule has 0 radical (unpaired) electrons. The van der Waals surface area contributed by atoms with E-state index in [0.717, 1.165) is 0 Å². The molecule has 114 valence electrons. The van der Waals surface area contributed by atoms with Gasteiger partial charge in [0.15, 0.2) is 0 Å². The summed E-state index contributed by atoms with van der Waals surface area (Å²) >= 11 is 15.4. The van der Waals surface area contributed by atoms with E-state index in [1.165, 1.54) is 11.8 Å². The zero-order valence-electron chi connectivity index (χ0n) is 11.1. The van der Waals surface area contributed by atoms with Crippen LogP contribution in [0.1, 0.15) is 19.8 Å². The van der Waals surface area contributed by atoms with Crippen molar-refractivity contribution >= 4 is 56.8 Å². The lowest BCUT2D eigenvalue weighted by Gasteiger charge is -2.31. The molecular weight excluding hydrogens is 383 g/mol.